The molecule has 0 spiro atoms. The Morgan fingerprint density at radius 1 is 1.36 bits per heavy atom. The summed E-state index contributed by atoms with van der Waals surface area (Å²) < 4.78 is 11.1. The van der Waals surface area contributed by atoms with E-state index in [1.165, 1.54) is 7.11 Å². The van der Waals surface area contributed by atoms with Crippen molar-refractivity contribution in [2.45, 2.75) is 38.7 Å². The molecule has 1 fully saturated rings. The molecule has 1 aromatic rings. The summed E-state index contributed by atoms with van der Waals surface area (Å²) in [5, 5.41) is 0. The van der Waals surface area contributed by atoms with Crippen LogP contribution in [0.25, 0.3) is 0 Å². The van der Waals surface area contributed by atoms with Crippen LogP contribution in [0.2, 0.25) is 0 Å². The molecule has 0 amide bonds. The van der Waals surface area contributed by atoms with E-state index in [-0.39, 0.29) is 23.7 Å². The molecular weight excluding hydrogens is 348 g/mol. The first-order valence-corrected chi connectivity index (χ1v) is 8.25. The summed E-state index contributed by atoms with van der Waals surface area (Å²) >= 11 is 3.43. The summed E-state index contributed by atoms with van der Waals surface area (Å²) in [7, 11) is 1.31. The number of ether oxygens (including phenoxy) is 2. The van der Waals surface area contributed by atoms with Gasteiger partial charge in [-0.2, -0.15) is 0 Å². The monoisotopic (exact) mass is 368 g/mol. The van der Waals surface area contributed by atoms with Gasteiger partial charge in [0.2, 0.25) is 0 Å². The standard InChI is InChI=1S/C17H21BrO4/c1-10(2)7-15(17(20)21-3)22-16(19)14-9-13(14)11-5-4-6-12(18)8-11/h4-6,8,10,13-15H,7,9H2,1-3H3. The van der Waals surface area contributed by atoms with Gasteiger partial charge in [-0.3, -0.25) is 4.79 Å². The van der Waals surface area contributed by atoms with Gasteiger partial charge in [-0.05, 0) is 42.4 Å². The minimum atomic E-state index is -0.804. The Morgan fingerprint density at radius 2 is 2.09 bits per heavy atom. The molecule has 120 valence electrons. The largest absolute Gasteiger partial charge is 0.466 e. The van der Waals surface area contributed by atoms with Crippen LogP contribution in [0.5, 0.6) is 0 Å². The van der Waals surface area contributed by atoms with Crippen molar-refractivity contribution in [2.24, 2.45) is 11.8 Å². The Balaban J connectivity index is 1.96. The van der Waals surface area contributed by atoms with E-state index in [0.29, 0.717) is 6.42 Å². The van der Waals surface area contributed by atoms with Gasteiger partial charge in [0.05, 0.1) is 13.0 Å². The summed E-state index contributed by atoms with van der Waals surface area (Å²) in [5.74, 6) is -0.518. The van der Waals surface area contributed by atoms with Crippen LogP contribution >= 0.6 is 15.9 Å². The first-order valence-electron chi connectivity index (χ1n) is 7.46. The maximum atomic E-state index is 12.2. The van der Waals surface area contributed by atoms with E-state index in [9.17, 15) is 9.59 Å². The summed E-state index contributed by atoms with van der Waals surface area (Å²) in [4.78, 5) is 24.0. The zero-order valence-corrected chi connectivity index (χ0v) is 14.6. The maximum absolute atomic E-state index is 12.2. The quantitative estimate of drug-likeness (QED) is 0.718. The Labute approximate surface area is 139 Å². The minimum Gasteiger partial charge on any atom is -0.466 e. The van der Waals surface area contributed by atoms with Crippen molar-refractivity contribution < 1.29 is 19.1 Å². The molecular formula is C17H21BrO4. The van der Waals surface area contributed by atoms with E-state index in [1.807, 2.05) is 38.1 Å². The number of benzene rings is 1. The first kappa shape index (κ1) is 17.0. The molecule has 0 aliphatic heterocycles. The normalized spacial score (nSPS) is 21.3. The van der Waals surface area contributed by atoms with Gasteiger partial charge in [-0.25, -0.2) is 4.79 Å². The molecule has 1 aliphatic carbocycles. The van der Waals surface area contributed by atoms with Crippen molar-refractivity contribution in [2.75, 3.05) is 7.11 Å². The Hall–Kier alpha value is -1.36. The minimum absolute atomic E-state index is 0.159. The number of esters is 2. The molecule has 3 unspecified atom stereocenters. The Bertz CT molecular complexity index is 555. The van der Waals surface area contributed by atoms with E-state index < -0.39 is 12.1 Å². The fourth-order valence-corrected chi connectivity index (χ4v) is 2.96. The molecule has 0 radical (unpaired) electrons. The molecule has 3 atom stereocenters. The van der Waals surface area contributed by atoms with Crippen LogP contribution in [-0.4, -0.2) is 25.2 Å². The zero-order valence-electron chi connectivity index (χ0n) is 13.0. The van der Waals surface area contributed by atoms with Crippen molar-refractivity contribution in [3.05, 3.63) is 34.3 Å². The molecule has 5 heteroatoms. The van der Waals surface area contributed by atoms with Crippen LogP contribution in [0, 0.1) is 11.8 Å². The lowest BCUT2D eigenvalue weighted by molar-refractivity contribution is -0.168. The molecule has 1 aromatic carbocycles. The van der Waals surface area contributed by atoms with Gasteiger partial charge >= 0.3 is 11.9 Å². The van der Waals surface area contributed by atoms with E-state index in [0.717, 1.165) is 16.5 Å². The third-order valence-corrected chi connectivity index (χ3v) is 4.27. The number of methoxy groups -OCH3 is 1. The molecule has 1 saturated carbocycles. The SMILES string of the molecule is COC(=O)C(CC(C)C)OC(=O)C1CC1c1cccc(Br)c1. The highest BCUT2D eigenvalue weighted by molar-refractivity contribution is 9.10. The van der Waals surface area contributed by atoms with Gasteiger partial charge in [0.15, 0.2) is 6.10 Å². The highest BCUT2D eigenvalue weighted by Gasteiger charge is 2.46. The fraction of sp³-hybridized carbons (Fsp3) is 0.529. The van der Waals surface area contributed by atoms with E-state index >= 15 is 0 Å². The second-order valence-electron chi connectivity index (χ2n) is 6.08. The second kappa shape index (κ2) is 7.27. The van der Waals surface area contributed by atoms with Crippen LogP contribution in [-0.2, 0) is 19.1 Å². The lowest BCUT2D eigenvalue weighted by atomic mass is 10.1. The van der Waals surface area contributed by atoms with Crippen LogP contribution in [0.4, 0.5) is 0 Å². The van der Waals surface area contributed by atoms with Gasteiger partial charge in [0.25, 0.3) is 0 Å². The predicted molar refractivity (Wildman–Crippen MR) is 86.3 cm³/mol. The third kappa shape index (κ3) is 4.32. The molecule has 0 N–H and O–H groups in total. The lowest BCUT2D eigenvalue weighted by Gasteiger charge is -2.17. The van der Waals surface area contributed by atoms with Gasteiger partial charge < -0.3 is 9.47 Å². The number of hydrogen-bond acceptors (Lipinski definition) is 4. The summed E-state index contributed by atoms with van der Waals surface area (Å²) in [6, 6.07) is 7.93. The van der Waals surface area contributed by atoms with Gasteiger partial charge in [0.1, 0.15) is 0 Å². The summed E-state index contributed by atoms with van der Waals surface area (Å²) in [5.41, 5.74) is 1.12. The summed E-state index contributed by atoms with van der Waals surface area (Å²) in [6.45, 7) is 3.95. The van der Waals surface area contributed by atoms with Gasteiger partial charge in [0, 0.05) is 4.47 Å². The van der Waals surface area contributed by atoms with Gasteiger partial charge in [-0.15, -0.1) is 0 Å². The second-order valence-corrected chi connectivity index (χ2v) is 7.00. The van der Waals surface area contributed by atoms with Gasteiger partial charge in [-0.1, -0.05) is 41.9 Å². The van der Waals surface area contributed by atoms with Crippen molar-refractivity contribution in [1.29, 1.82) is 0 Å². The van der Waals surface area contributed by atoms with Crippen molar-refractivity contribution in [3.8, 4) is 0 Å². The average molecular weight is 369 g/mol. The third-order valence-electron chi connectivity index (χ3n) is 3.78. The lowest BCUT2D eigenvalue weighted by Crippen LogP contribution is -2.30. The Kier molecular flexibility index (Phi) is 5.62. The highest BCUT2D eigenvalue weighted by atomic mass is 79.9. The number of halogens is 1. The molecule has 1 aliphatic rings. The smallest absolute Gasteiger partial charge is 0.347 e. The zero-order chi connectivity index (χ0) is 16.3. The first-order chi connectivity index (χ1) is 10.4. The number of carbonyl (C=O) groups excluding carboxylic acids is 2. The van der Waals surface area contributed by atoms with Crippen molar-refractivity contribution in [1.82, 2.24) is 0 Å². The Morgan fingerprint density at radius 3 is 2.68 bits per heavy atom. The molecule has 0 heterocycles. The van der Waals surface area contributed by atoms with Crippen molar-refractivity contribution in [3.63, 3.8) is 0 Å². The molecule has 0 bridgehead atoms. The maximum Gasteiger partial charge on any atom is 0.347 e. The van der Waals surface area contributed by atoms with Crippen LogP contribution < -0.4 is 0 Å². The molecule has 0 aromatic heterocycles. The number of carbonyl (C=O) groups is 2. The van der Waals surface area contributed by atoms with E-state index in [1.54, 1.807) is 0 Å². The molecule has 2 rings (SSSR count). The summed E-state index contributed by atoms with van der Waals surface area (Å²) in [6.07, 6.45) is 0.443. The molecule has 4 nitrogen and oxygen atoms in total. The van der Waals surface area contributed by atoms with Crippen LogP contribution in [0.15, 0.2) is 28.7 Å². The topological polar surface area (TPSA) is 52.6 Å². The fourth-order valence-electron chi connectivity index (χ4n) is 2.54. The highest BCUT2D eigenvalue weighted by Crippen LogP contribution is 2.48. The van der Waals surface area contributed by atoms with E-state index in [4.69, 9.17) is 9.47 Å². The number of rotatable bonds is 6. The predicted octanol–water partition coefficient (Wildman–Crippen LogP) is 3.68. The van der Waals surface area contributed by atoms with Crippen molar-refractivity contribution >= 4 is 27.9 Å². The van der Waals surface area contributed by atoms with Crippen LogP contribution in [0.1, 0.15) is 38.2 Å². The van der Waals surface area contributed by atoms with Crippen LogP contribution in [0.3, 0.4) is 0 Å². The molecule has 0 saturated heterocycles. The molecule has 22 heavy (non-hydrogen) atoms. The number of hydrogen-bond donors (Lipinski definition) is 0. The van der Waals surface area contributed by atoms with E-state index in [2.05, 4.69) is 15.9 Å². The average Bonchev–Trinajstić information content (AvgIpc) is 3.25.